The van der Waals surface area contributed by atoms with Crippen LogP contribution in [0.1, 0.15) is 51.8 Å². The number of carbonyl (C=O) groups excluding carboxylic acids is 1. The number of piperidine rings is 1. The number of aromatic nitrogens is 2. The van der Waals surface area contributed by atoms with Crippen molar-refractivity contribution in [3.05, 3.63) is 36.0 Å². The predicted molar refractivity (Wildman–Crippen MR) is 92.3 cm³/mol. The Kier molecular flexibility index (Phi) is 4.88. The Hall–Kier alpha value is -2.24. The maximum absolute atomic E-state index is 13.4. The van der Waals surface area contributed by atoms with Crippen LogP contribution in [0.3, 0.4) is 0 Å². The predicted octanol–water partition coefficient (Wildman–Crippen LogP) is 4.02. The van der Waals surface area contributed by atoms with Gasteiger partial charge in [0.05, 0.1) is 5.92 Å². The van der Waals surface area contributed by atoms with Gasteiger partial charge in [-0.05, 0) is 30.4 Å². The normalized spacial score (nSPS) is 18.4. The molecule has 0 aliphatic carbocycles. The van der Waals surface area contributed by atoms with Crippen LogP contribution in [-0.4, -0.2) is 34.0 Å². The van der Waals surface area contributed by atoms with Crippen LogP contribution in [0.4, 0.5) is 4.39 Å². The van der Waals surface area contributed by atoms with Crippen LogP contribution in [0.2, 0.25) is 0 Å². The van der Waals surface area contributed by atoms with E-state index in [1.54, 1.807) is 12.1 Å². The van der Waals surface area contributed by atoms with E-state index in [1.165, 1.54) is 12.1 Å². The Morgan fingerprint density at radius 1 is 1.40 bits per heavy atom. The molecule has 5 nitrogen and oxygen atoms in total. The first-order valence-corrected chi connectivity index (χ1v) is 8.69. The highest BCUT2D eigenvalue weighted by Crippen LogP contribution is 2.29. The van der Waals surface area contributed by atoms with Gasteiger partial charge in [-0.15, -0.1) is 0 Å². The van der Waals surface area contributed by atoms with Crippen molar-refractivity contribution in [1.29, 1.82) is 0 Å². The summed E-state index contributed by atoms with van der Waals surface area (Å²) >= 11 is 0. The Bertz CT molecular complexity index is 751. The number of rotatable bonds is 3. The third-order valence-corrected chi connectivity index (χ3v) is 4.33. The molecular formula is C19H24FN3O2. The first kappa shape index (κ1) is 17.6. The molecule has 1 amide bonds. The molecule has 25 heavy (non-hydrogen) atoms. The largest absolute Gasteiger partial charge is 0.342 e. The number of halogens is 1. The lowest BCUT2D eigenvalue weighted by Crippen LogP contribution is -2.40. The average molecular weight is 345 g/mol. The van der Waals surface area contributed by atoms with Crippen molar-refractivity contribution in [2.24, 2.45) is 5.41 Å². The lowest BCUT2D eigenvalue weighted by Gasteiger charge is -2.33. The summed E-state index contributed by atoms with van der Waals surface area (Å²) < 4.78 is 18.8. The molecule has 6 heteroatoms. The summed E-state index contributed by atoms with van der Waals surface area (Å²) in [5.41, 5.74) is 0.561. The maximum Gasteiger partial charge on any atom is 0.231 e. The molecule has 1 aromatic heterocycles. The fourth-order valence-electron chi connectivity index (χ4n) is 3.12. The van der Waals surface area contributed by atoms with Crippen LogP contribution in [0.25, 0.3) is 11.4 Å². The number of hydrogen-bond acceptors (Lipinski definition) is 4. The van der Waals surface area contributed by atoms with Gasteiger partial charge in [0, 0.05) is 25.1 Å². The second kappa shape index (κ2) is 6.94. The van der Waals surface area contributed by atoms with E-state index in [9.17, 15) is 9.18 Å². The molecule has 1 aromatic carbocycles. The summed E-state index contributed by atoms with van der Waals surface area (Å²) in [7, 11) is 0. The minimum Gasteiger partial charge on any atom is -0.342 e. The van der Waals surface area contributed by atoms with Gasteiger partial charge in [0.15, 0.2) is 0 Å². The van der Waals surface area contributed by atoms with Crippen molar-refractivity contribution in [3.63, 3.8) is 0 Å². The molecule has 1 fully saturated rings. The highest BCUT2D eigenvalue weighted by molar-refractivity contribution is 5.77. The quantitative estimate of drug-likeness (QED) is 0.843. The number of amides is 1. The minimum atomic E-state index is -0.333. The number of benzene rings is 1. The Balaban J connectivity index is 1.71. The van der Waals surface area contributed by atoms with Crippen LogP contribution in [0, 0.1) is 11.2 Å². The van der Waals surface area contributed by atoms with E-state index < -0.39 is 0 Å². The van der Waals surface area contributed by atoms with Crippen LogP contribution < -0.4 is 0 Å². The smallest absolute Gasteiger partial charge is 0.231 e. The third-order valence-electron chi connectivity index (χ3n) is 4.33. The van der Waals surface area contributed by atoms with Crippen molar-refractivity contribution in [2.45, 2.75) is 46.0 Å². The highest BCUT2D eigenvalue weighted by atomic mass is 19.1. The number of nitrogens with zero attached hydrogens (tertiary/aromatic N) is 3. The SMILES string of the molecule is CC(C)(C)CC(=O)N1CCC[C@H](c2nc(-c3cccc(F)c3)no2)C1. The van der Waals surface area contributed by atoms with Gasteiger partial charge in [0.1, 0.15) is 5.82 Å². The van der Waals surface area contributed by atoms with E-state index in [2.05, 4.69) is 30.9 Å². The fraction of sp³-hybridized carbons (Fsp3) is 0.526. The van der Waals surface area contributed by atoms with Crippen molar-refractivity contribution in [2.75, 3.05) is 13.1 Å². The molecule has 2 heterocycles. The van der Waals surface area contributed by atoms with Gasteiger partial charge in [-0.25, -0.2) is 4.39 Å². The first-order valence-electron chi connectivity index (χ1n) is 8.69. The summed E-state index contributed by atoms with van der Waals surface area (Å²) in [6, 6.07) is 6.13. The standard InChI is InChI=1S/C19H24FN3O2/c1-19(2,3)11-16(24)23-9-5-7-14(12-23)18-21-17(22-25-18)13-6-4-8-15(20)10-13/h4,6,8,10,14H,5,7,9,11-12H2,1-3H3/t14-/m0/s1. The topological polar surface area (TPSA) is 59.2 Å². The van der Waals surface area contributed by atoms with E-state index in [1.807, 2.05) is 4.90 Å². The van der Waals surface area contributed by atoms with Gasteiger partial charge in [-0.1, -0.05) is 38.1 Å². The van der Waals surface area contributed by atoms with Gasteiger partial charge >= 0.3 is 0 Å². The fourth-order valence-corrected chi connectivity index (χ4v) is 3.12. The van der Waals surface area contributed by atoms with E-state index >= 15 is 0 Å². The molecule has 134 valence electrons. The molecule has 2 aromatic rings. The first-order chi connectivity index (χ1) is 11.8. The van der Waals surface area contributed by atoms with Crippen molar-refractivity contribution in [3.8, 4) is 11.4 Å². The Morgan fingerprint density at radius 2 is 2.20 bits per heavy atom. The van der Waals surface area contributed by atoms with Crippen molar-refractivity contribution < 1.29 is 13.7 Å². The summed E-state index contributed by atoms with van der Waals surface area (Å²) in [6.45, 7) is 7.57. The van der Waals surface area contributed by atoms with Gasteiger partial charge in [0.25, 0.3) is 0 Å². The summed E-state index contributed by atoms with van der Waals surface area (Å²) in [6.07, 6.45) is 2.35. The lowest BCUT2D eigenvalue weighted by molar-refractivity contribution is -0.134. The second-order valence-corrected chi connectivity index (χ2v) is 7.88. The summed E-state index contributed by atoms with van der Waals surface area (Å²) in [5.74, 6) is 0.773. The monoisotopic (exact) mass is 345 g/mol. The van der Waals surface area contributed by atoms with E-state index in [0.29, 0.717) is 30.2 Å². The minimum absolute atomic E-state index is 0.0287. The van der Waals surface area contributed by atoms with Crippen molar-refractivity contribution >= 4 is 5.91 Å². The van der Waals surface area contributed by atoms with E-state index in [0.717, 1.165) is 19.4 Å². The van der Waals surface area contributed by atoms with Gasteiger partial charge in [0.2, 0.25) is 17.6 Å². The summed E-state index contributed by atoms with van der Waals surface area (Å²) in [4.78, 5) is 18.8. The molecule has 0 saturated carbocycles. The van der Waals surface area contributed by atoms with Gasteiger partial charge < -0.3 is 9.42 Å². The zero-order valence-corrected chi connectivity index (χ0v) is 15.0. The van der Waals surface area contributed by atoms with E-state index in [-0.39, 0.29) is 23.1 Å². The van der Waals surface area contributed by atoms with Crippen LogP contribution in [-0.2, 0) is 4.79 Å². The molecule has 3 rings (SSSR count). The number of carbonyl (C=O) groups is 1. The number of likely N-dealkylation sites (tertiary alicyclic amines) is 1. The number of hydrogen-bond donors (Lipinski definition) is 0. The Morgan fingerprint density at radius 3 is 2.92 bits per heavy atom. The zero-order chi connectivity index (χ0) is 18.0. The average Bonchev–Trinajstić information content (AvgIpc) is 3.03. The van der Waals surface area contributed by atoms with Gasteiger partial charge in [-0.3, -0.25) is 4.79 Å². The molecular weight excluding hydrogens is 321 g/mol. The van der Waals surface area contributed by atoms with Crippen LogP contribution >= 0.6 is 0 Å². The zero-order valence-electron chi connectivity index (χ0n) is 15.0. The van der Waals surface area contributed by atoms with Gasteiger partial charge in [-0.2, -0.15) is 4.98 Å². The molecule has 0 radical (unpaired) electrons. The molecule has 1 atom stereocenters. The molecule has 0 bridgehead atoms. The second-order valence-electron chi connectivity index (χ2n) is 7.88. The molecule has 0 spiro atoms. The summed E-state index contributed by atoms with van der Waals surface area (Å²) in [5, 5.41) is 3.98. The van der Waals surface area contributed by atoms with Crippen molar-refractivity contribution in [1.82, 2.24) is 15.0 Å². The molecule has 1 aliphatic heterocycles. The molecule has 1 saturated heterocycles. The highest BCUT2D eigenvalue weighted by Gasteiger charge is 2.30. The maximum atomic E-state index is 13.4. The molecule has 1 aliphatic rings. The molecule has 0 unspecified atom stereocenters. The Labute approximate surface area is 147 Å². The third kappa shape index (κ3) is 4.44. The lowest BCUT2D eigenvalue weighted by atomic mass is 9.90. The van der Waals surface area contributed by atoms with Crippen LogP contribution in [0.15, 0.2) is 28.8 Å². The molecule has 0 N–H and O–H groups in total. The van der Waals surface area contributed by atoms with E-state index in [4.69, 9.17) is 4.52 Å². The van der Waals surface area contributed by atoms with Crippen LogP contribution in [0.5, 0.6) is 0 Å².